The van der Waals surface area contributed by atoms with Crippen molar-refractivity contribution in [2.24, 2.45) is 11.8 Å². The van der Waals surface area contributed by atoms with Crippen molar-refractivity contribution in [3.8, 4) is 0 Å². The fraction of sp³-hybridized carbons (Fsp3) is 0.952. The molecule has 0 aliphatic carbocycles. The molecule has 0 radical (unpaired) electrons. The van der Waals surface area contributed by atoms with E-state index in [-0.39, 0.29) is 25.7 Å². The number of aliphatic hydroxyl groups excluding tert-OH is 1. The molecule has 0 bridgehead atoms. The molecule has 0 aliphatic heterocycles. The van der Waals surface area contributed by atoms with Crippen LogP contribution in [0.2, 0.25) is 0 Å². The lowest BCUT2D eigenvalue weighted by atomic mass is 9.99. The number of unbranched alkanes of at least 4 members (excludes halogenated alkanes) is 52. The fourth-order valence-electron chi connectivity index (χ4n) is 13.0. The van der Waals surface area contributed by atoms with Crippen molar-refractivity contribution in [1.29, 1.82) is 0 Å². The standard InChI is InChI=1S/C84H164O17P2/c1-7-10-12-14-16-18-20-22-24-25-26-27-28-29-31-33-39-43-51-57-63-69-83(88)100-79(72-94-81(86)66-60-54-48-41-37-35-34-36-40-46-52-58-64-76(4)5)74-98-102(90,91)96-70-78(85)71-97-103(92,93)99-75-80(73-95-82(87)67-61-55-49-45-44-47-53-59-65-77(6)9-3)101-84(89)68-62-56-50-42-38-32-30-23-21-19-17-15-13-11-8-2/h76-80,85H,7-75H2,1-6H3,(H,90,91)(H,92,93)/t77?,78-,79-,80-/m1/s1. The van der Waals surface area contributed by atoms with Crippen LogP contribution in [0.5, 0.6) is 0 Å². The number of hydrogen-bond acceptors (Lipinski definition) is 15. The number of hydrogen-bond donors (Lipinski definition) is 3. The summed E-state index contributed by atoms with van der Waals surface area (Å²) in [5.41, 5.74) is 0. The van der Waals surface area contributed by atoms with Crippen molar-refractivity contribution in [3.05, 3.63) is 0 Å². The average molecular weight is 1510 g/mol. The Kier molecular flexibility index (Phi) is 74.1. The van der Waals surface area contributed by atoms with Crippen molar-refractivity contribution in [1.82, 2.24) is 0 Å². The molecule has 6 atom stereocenters. The van der Waals surface area contributed by atoms with E-state index >= 15 is 0 Å². The fourth-order valence-corrected chi connectivity index (χ4v) is 14.6. The van der Waals surface area contributed by atoms with Crippen LogP contribution < -0.4 is 0 Å². The van der Waals surface area contributed by atoms with Gasteiger partial charge in [-0.15, -0.1) is 0 Å². The number of esters is 4. The van der Waals surface area contributed by atoms with Crippen molar-refractivity contribution < 1.29 is 80.2 Å². The third kappa shape index (κ3) is 76.6. The minimum atomic E-state index is -4.96. The quantitative estimate of drug-likeness (QED) is 0.0222. The highest BCUT2D eigenvalue weighted by Crippen LogP contribution is 2.45. The van der Waals surface area contributed by atoms with Gasteiger partial charge in [-0.25, -0.2) is 9.13 Å². The lowest BCUT2D eigenvalue weighted by molar-refractivity contribution is -0.161. The van der Waals surface area contributed by atoms with Gasteiger partial charge in [-0.1, -0.05) is 395 Å². The Labute approximate surface area is 632 Å². The Morgan fingerprint density at radius 1 is 0.282 bits per heavy atom. The number of ether oxygens (including phenoxy) is 4. The van der Waals surface area contributed by atoms with E-state index in [0.29, 0.717) is 25.7 Å². The molecule has 0 heterocycles. The predicted molar refractivity (Wildman–Crippen MR) is 423 cm³/mol. The normalized spacial score (nSPS) is 14.1. The molecule has 0 fully saturated rings. The largest absolute Gasteiger partial charge is 0.472 e. The minimum Gasteiger partial charge on any atom is -0.462 e. The number of aliphatic hydroxyl groups is 1. The summed E-state index contributed by atoms with van der Waals surface area (Å²) < 4.78 is 68.9. The van der Waals surface area contributed by atoms with Gasteiger partial charge in [0, 0.05) is 25.7 Å². The molecule has 0 aromatic rings. The third-order valence-corrected chi connectivity index (χ3v) is 22.0. The Hall–Kier alpha value is -1.94. The minimum absolute atomic E-state index is 0.108. The van der Waals surface area contributed by atoms with Gasteiger partial charge >= 0.3 is 39.5 Å². The van der Waals surface area contributed by atoms with Crippen LogP contribution in [-0.2, 0) is 65.4 Å². The zero-order valence-corrected chi connectivity index (χ0v) is 69.4. The van der Waals surface area contributed by atoms with Crippen molar-refractivity contribution in [2.45, 2.75) is 464 Å². The molecule has 0 aliphatic rings. The lowest BCUT2D eigenvalue weighted by Gasteiger charge is -2.21. The van der Waals surface area contributed by atoms with Crippen LogP contribution in [0.4, 0.5) is 0 Å². The molecule has 103 heavy (non-hydrogen) atoms. The smallest absolute Gasteiger partial charge is 0.462 e. The molecule has 3 N–H and O–H groups in total. The summed E-state index contributed by atoms with van der Waals surface area (Å²) >= 11 is 0. The van der Waals surface area contributed by atoms with Gasteiger partial charge in [0.2, 0.25) is 0 Å². The van der Waals surface area contributed by atoms with Crippen LogP contribution in [-0.4, -0.2) is 96.7 Å². The molecule has 0 saturated heterocycles. The maximum absolute atomic E-state index is 13.1. The SMILES string of the molecule is CCCCCCCCCCCCCCCCCCCCCCCC(=O)O[C@H](COC(=O)CCCCCCCCCCCCCCC(C)C)COP(=O)(O)OC[C@@H](O)COP(=O)(O)OC[C@@H](COC(=O)CCCCCCCCCCC(C)CC)OC(=O)CCCCCCCCCCCCCCCCC. The molecule has 612 valence electrons. The summed E-state index contributed by atoms with van der Waals surface area (Å²) in [4.78, 5) is 73.2. The zero-order chi connectivity index (χ0) is 75.6. The van der Waals surface area contributed by atoms with E-state index in [2.05, 4.69) is 41.5 Å². The Morgan fingerprint density at radius 2 is 0.495 bits per heavy atom. The molecule has 0 spiro atoms. The molecular formula is C84H164O17P2. The topological polar surface area (TPSA) is 237 Å². The van der Waals surface area contributed by atoms with Gasteiger partial charge in [-0.2, -0.15) is 0 Å². The summed E-state index contributed by atoms with van der Waals surface area (Å²) in [5, 5.41) is 10.7. The van der Waals surface area contributed by atoms with Crippen molar-refractivity contribution in [3.63, 3.8) is 0 Å². The Bertz CT molecular complexity index is 1980. The molecule has 17 nitrogen and oxygen atoms in total. The lowest BCUT2D eigenvalue weighted by Crippen LogP contribution is -2.30. The van der Waals surface area contributed by atoms with Crippen LogP contribution in [0.25, 0.3) is 0 Å². The number of carbonyl (C=O) groups is 4. The van der Waals surface area contributed by atoms with Gasteiger partial charge < -0.3 is 33.8 Å². The maximum atomic E-state index is 13.1. The third-order valence-electron chi connectivity index (χ3n) is 20.1. The number of carbonyl (C=O) groups excluding carboxylic acids is 4. The number of phosphoric ester groups is 2. The van der Waals surface area contributed by atoms with E-state index in [9.17, 15) is 43.2 Å². The highest BCUT2D eigenvalue weighted by Gasteiger charge is 2.30. The molecule has 3 unspecified atom stereocenters. The van der Waals surface area contributed by atoms with E-state index in [4.69, 9.17) is 37.0 Å². The van der Waals surface area contributed by atoms with Crippen molar-refractivity contribution >= 4 is 39.5 Å². The predicted octanol–water partition coefficient (Wildman–Crippen LogP) is 25.5. The highest BCUT2D eigenvalue weighted by atomic mass is 31.2. The monoisotopic (exact) mass is 1510 g/mol. The van der Waals surface area contributed by atoms with Gasteiger partial charge in [0.1, 0.15) is 19.3 Å². The first kappa shape index (κ1) is 101. The summed E-state index contributed by atoms with van der Waals surface area (Å²) in [6.07, 6.45) is 66.6. The first-order valence-corrected chi connectivity index (χ1v) is 46.5. The highest BCUT2D eigenvalue weighted by molar-refractivity contribution is 7.47. The van der Waals surface area contributed by atoms with E-state index in [1.165, 1.54) is 263 Å². The molecule has 0 saturated carbocycles. The Balaban J connectivity index is 5.25. The van der Waals surface area contributed by atoms with Gasteiger partial charge in [0.05, 0.1) is 26.4 Å². The maximum Gasteiger partial charge on any atom is 0.472 e. The van der Waals surface area contributed by atoms with Crippen LogP contribution in [0.1, 0.15) is 446 Å². The first-order chi connectivity index (χ1) is 49.9. The van der Waals surface area contributed by atoms with Crippen LogP contribution in [0, 0.1) is 11.8 Å². The Morgan fingerprint density at radius 3 is 0.738 bits per heavy atom. The van der Waals surface area contributed by atoms with Gasteiger partial charge in [-0.05, 0) is 37.5 Å². The molecule has 0 aromatic heterocycles. The summed E-state index contributed by atoms with van der Waals surface area (Å²) in [7, 11) is -9.93. The van der Waals surface area contributed by atoms with Crippen LogP contribution >= 0.6 is 15.6 Å². The molecular weight excluding hydrogens is 1340 g/mol. The second-order valence-corrected chi connectivity index (χ2v) is 33.8. The second kappa shape index (κ2) is 75.5. The van der Waals surface area contributed by atoms with E-state index < -0.39 is 97.5 Å². The summed E-state index contributed by atoms with van der Waals surface area (Å²) in [5.74, 6) is -0.545. The van der Waals surface area contributed by atoms with Gasteiger partial charge in [-0.3, -0.25) is 37.3 Å². The van der Waals surface area contributed by atoms with Gasteiger partial charge in [0.15, 0.2) is 12.2 Å². The van der Waals surface area contributed by atoms with Crippen LogP contribution in [0.15, 0.2) is 0 Å². The van der Waals surface area contributed by atoms with E-state index in [1.807, 2.05) is 0 Å². The molecule has 19 heteroatoms. The van der Waals surface area contributed by atoms with Crippen molar-refractivity contribution in [2.75, 3.05) is 39.6 Å². The molecule has 0 rings (SSSR count). The van der Waals surface area contributed by atoms with E-state index in [0.717, 1.165) is 102 Å². The number of phosphoric acid groups is 2. The van der Waals surface area contributed by atoms with E-state index in [1.54, 1.807) is 0 Å². The summed E-state index contributed by atoms with van der Waals surface area (Å²) in [6.45, 7) is 9.67. The van der Waals surface area contributed by atoms with Crippen LogP contribution in [0.3, 0.4) is 0 Å². The first-order valence-electron chi connectivity index (χ1n) is 43.5. The number of rotatable bonds is 83. The molecule has 0 aromatic carbocycles. The van der Waals surface area contributed by atoms with Gasteiger partial charge in [0.25, 0.3) is 0 Å². The molecule has 0 amide bonds. The summed E-state index contributed by atoms with van der Waals surface area (Å²) in [6, 6.07) is 0. The second-order valence-electron chi connectivity index (χ2n) is 30.9. The zero-order valence-electron chi connectivity index (χ0n) is 67.6. The average Bonchev–Trinajstić information content (AvgIpc) is 0.933.